The van der Waals surface area contributed by atoms with Crippen LogP contribution >= 0.6 is 15.9 Å². The fourth-order valence-electron chi connectivity index (χ4n) is 2.06. The quantitative estimate of drug-likeness (QED) is 0.860. The van der Waals surface area contributed by atoms with Gasteiger partial charge in [-0.05, 0) is 48.4 Å². The molecule has 1 aromatic rings. The molecular weight excluding hydrogens is 280 g/mol. The van der Waals surface area contributed by atoms with Crippen molar-refractivity contribution in [1.29, 1.82) is 0 Å². The van der Waals surface area contributed by atoms with E-state index in [9.17, 15) is 0 Å². The number of nitrogen functional groups attached to an aromatic ring is 1. The van der Waals surface area contributed by atoms with Crippen LogP contribution in [-0.4, -0.2) is 43.1 Å². The third-order valence-electron chi connectivity index (χ3n) is 3.30. The Morgan fingerprint density at radius 2 is 2.06 bits per heavy atom. The molecule has 1 fully saturated rings. The van der Waals surface area contributed by atoms with Crippen molar-refractivity contribution in [2.45, 2.75) is 13.3 Å². The lowest BCUT2D eigenvalue weighted by Crippen LogP contribution is -2.29. The number of nitrogens with zero attached hydrogens (tertiary/aromatic N) is 3. The largest absolute Gasteiger partial charge is 0.397 e. The molecule has 0 aliphatic carbocycles. The van der Waals surface area contributed by atoms with E-state index in [4.69, 9.17) is 5.73 Å². The molecule has 0 amide bonds. The normalized spacial score (nSPS) is 18.2. The van der Waals surface area contributed by atoms with E-state index in [0.29, 0.717) is 0 Å². The second-order valence-electron chi connectivity index (χ2n) is 4.62. The summed E-state index contributed by atoms with van der Waals surface area (Å²) in [7, 11) is 2.17. The van der Waals surface area contributed by atoms with Gasteiger partial charge in [0.2, 0.25) is 0 Å². The Morgan fingerprint density at radius 1 is 1.29 bits per heavy atom. The van der Waals surface area contributed by atoms with E-state index >= 15 is 0 Å². The van der Waals surface area contributed by atoms with Crippen LogP contribution in [0, 0.1) is 6.92 Å². The Labute approximate surface area is 111 Å². The zero-order valence-corrected chi connectivity index (χ0v) is 12.0. The highest BCUT2D eigenvalue weighted by atomic mass is 79.9. The van der Waals surface area contributed by atoms with Crippen molar-refractivity contribution in [2.24, 2.45) is 0 Å². The molecule has 1 aromatic heterocycles. The smallest absolute Gasteiger partial charge is 0.143 e. The van der Waals surface area contributed by atoms with E-state index in [-0.39, 0.29) is 0 Å². The molecule has 2 heterocycles. The van der Waals surface area contributed by atoms with Crippen molar-refractivity contribution >= 4 is 27.4 Å². The lowest BCUT2D eigenvalue weighted by atomic mass is 10.2. The number of anilines is 2. The van der Waals surface area contributed by atoms with Gasteiger partial charge in [0.15, 0.2) is 0 Å². The molecule has 0 radical (unpaired) electrons. The average molecular weight is 299 g/mol. The van der Waals surface area contributed by atoms with Crippen molar-refractivity contribution in [3.63, 3.8) is 0 Å². The highest BCUT2D eigenvalue weighted by Crippen LogP contribution is 2.30. The Bertz CT molecular complexity index is 408. The van der Waals surface area contributed by atoms with Crippen molar-refractivity contribution in [1.82, 2.24) is 9.88 Å². The van der Waals surface area contributed by atoms with Crippen LogP contribution in [0.15, 0.2) is 10.7 Å². The summed E-state index contributed by atoms with van der Waals surface area (Å²) in [5.74, 6) is 1.02. The van der Waals surface area contributed by atoms with Gasteiger partial charge in [0.25, 0.3) is 0 Å². The number of hydrogen-bond donors (Lipinski definition) is 1. The fourth-order valence-corrected chi connectivity index (χ4v) is 2.64. The van der Waals surface area contributed by atoms with Gasteiger partial charge in [-0.2, -0.15) is 0 Å². The van der Waals surface area contributed by atoms with Crippen LogP contribution in [0.1, 0.15) is 12.0 Å². The molecule has 5 heteroatoms. The standard InChI is InChI=1S/C12H19BrN4/c1-9-10(14)8-15-12(11(9)13)17-5-3-4-16(2)6-7-17/h8H,3-7,14H2,1-2H3. The highest BCUT2D eigenvalue weighted by Gasteiger charge is 2.17. The molecule has 0 atom stereocenters. The summed E-state index contributed by atoms with van der Waals surface area (Å²) in [6, 6.07) is 0. The van der Waals surface area contributed by atoms with E-state index in [1.165, 1.54) is 6.42 Å². The van der Waals surface area contributed by atoms with Crippen LogP contribution < -0.4 is 10.6 Å². The lowest BCUT2D eigenvalue weighted by Gasteiger charge is -2.23. The van der Waals surface area contributed by atoms with Crippen molar-refractivity contribution in [3.05, 3.63) is 16.2 Å². The van der Waals surface area contributed by atoms with E-state index in [1.807, 2.05) is 6.92 Å². The summed E-state index contributed by atoms with van der Waals surface area (Å²) >= 11 is 3.61. The summed E-state index contributed by atoms with van der Waals surface area (Å²) in [5.41, 5.74) is 7.67. The maximum absolute atomic E-state index is 5.85. The fraction of sp³-hybridized carbons (Fsp3) is 0.583. The first-order valence-corrected chi connectivity index (χ1v) is 6.73. The van der Waals surface area contributed by atoms with Gasteiger partial charge < -0.3 is 15.5 Å². The third kappa shape index (κ3) is 2.72. The number of likely N-dealkylation sites (N-methyl/N-ethyl adjacent to an activating group) is 1. The number of halogens is 1. The Morgan fingerprint density at radius 3 is 2.82 bits per heavy atom. The van der Waals surface area contributed by atoms with Crippen molar-refractivity contribution in [2.75, 3.05) is 43.9 Å². The third-order valence-corrected chi connectivity index (χ3v) is 4.25. The molecule has 2 rings (SSSR count). The highest BCUT2D eigenvalue weighted by molar-refractivity contribution is 9.10. The van der Waals surface area contributed by atoms with Crippen molar-refractivity contribution in [3.8, 4) is 0 Å². The van der Waals surface area contributed by atoms with E-state index in [2.05, 4.69) is 37.8 Å². The van der Waals surface area contributed by atoms with Gasteiger partial charge in [-0.25, -0.2) is 4.98 Å². The molecule has 0 unspecified atom stereocenters. The SMILES string of the molecule is Cc1c(N)cnc(N2CCCN(C)CC2)c1Br. The first kappa shape index (κ1) is 12.6. The summed E-state index contributed by atoms with van der Waals surface area (Å²) < 4.78 is 1.03. The van der Waals surface area contributed by atoms with Gasteiger partial charge in [-0.15, -0.1) is 0 Å². The molecule has 17 heavy (non-hydrogen) atoms. The number of pyridine rings is 1. The van der Waals surface area contributed by atoms with Crippen LogP contribution in [0.25, 0.3) is 0 Å². The summed E-state index contributed by atoms with van der Waals surface area (Å²) in [4.78, 5) is 9.16. The lowest BCUT2D eigenvalue weighted by molar-refractivity contribution is 0.360. The molecule has 1 aliphatic heterocycles. The molecule has 2 N–H and O–H groups in total. The summed E-state index contributed by atoms with van der Waals surface area (Å²) in [5, 5.41) is 0. The van der Waals surface area contributed by atoms with Gasteiger partial charge in [-0.3, -0.25) is 0 Å². The van der Waals surface area contributed by atoms with Crippen LogP contribution in [0.5, 0.6) is 0 Å². The number of aromatic nitrogens is 1. The molecule has 0 saturated carbocycles. The second-order valence-corrected chi connectivity index (χ2v) is 5.41. The number of rotatable bonds is 1. The minimum absolute atomic E-state index is 0.743. The molecule has 4 nitrogen and oxygen atoms in total. The second kappa shape index (κ2) is 5.23. The monoisotopic (exact) mass is 298 g/mol. The zero-order chi connectivity index (χ0) is 12.4. The Kier molecular flexibility index (Phi) is 3.89. The van der Waals surface area contributed by atoms with Gasteiger partial charge in [-0.1, -0.05) is 0 Å². The van der Waals surface area contributed by atoms with Gasteiger partial charge >= 0.3 is 0 Å². The predicted molar refractivity (Wildman–Crippen MR) is 75.4 cm³/mol. The molecule has 1 aliphatic rings. The Hall–Kier alpha value is -0.810. The molecule has 0 bridgehead atoms. The van der Waals surface area contributed by atoms with Crippen molar-refractivity contribution < 1.29 is 0 Å². The summed E-state index contributed by atoms with van der Waals surface area (Å²) in [6.07, 6.45) is 2.93. The molecular formula is C12H19BrN4. The molecule has 0 aromatic carbocycles. The average Bonchev–Trinajstić information content (AvgIpc) is 2.52. The zero-order valence-electron chi connectivity index (χ0n) is 10.4. The Balaban J connectivity index is 2.24. The van der Waals surface area contributed by atoms with E-state index in [0.717, 1.165) is 47.7 Å². The first-order chi connectivity index (χ1) is 8.09. The van der Waals surface area contributed by atoms with Crippen LogP contribution in [0.2, 0.25) is 0 Å². The minimum Gasteiger partial charge on any atom is -0.397 e. The van der Waals surface area contributed by atoms with Gasteiger partial charge in [0.1, 0.15) is 5.82 Å². The van der Waals surface area contributed by atoms with E-state index < -0.39 is 0 Å². The van der Waals surface area contributed by atoms with Gasteiger partial charge in [0, 0.05) is 19.6 Å². The van der Waals surface area contributed by atoms with Crippen LogP contribution in [0.4, 0.5) is 11.5 Å². The van der Waals surface area contributed by atoms with Crippen LogP contribution in [0.3, 0.4) is 0 Å². The molecule has 0 spiro atoms. The number of hydrogen-bond acceptors (Lipinski definition) is 4. The number of nitrogens with two attached hydrogens (primary N) is 1. The summed E-state index contributed by atoms with van der Waals surface area (Å²) in [6.45, 7) is 6.33. The molecule has 1 saturated heterocycles. The minimum atomic E-state index is 0.743. The maximum Gasteiger partial charge on any atom is 0.143 e. The topological polar surface area (TPSA) is 45.4 Å². The van der Waals surface area contributed by atoms with Gasteiger partial charge in [0.05, 0.1) is 16.4 Å². The van der Waals surface area contributed by atoms with E-state index in [1.54, 1.807) is 6.20 Å². The molecule has 94 valence electrons. The maximum atomic E-state index is 5.85. The van der Waals surface area contributed by atoms with Crippen LogP contribution in [-0.2, 0) is 0 Å². The first-order valence-electron chi connectivity index (χ1n) is 5.93. The predicted octanol–water partition coefficient (Wildman–Crippen LogP) is 1.88.